The molecule has 2 aromatic rings. The van der Waals surface area contributed by atoms with Crippen molar-refractivity contribution in [1.29, 1.82) is 0 Å². The van der Waals surface area contributed by atoms with E-state index in [1.807, 2.05) is 31.2 Å². The van der Waals surface area contributed by atoms with Crippen LogP contribution >= 0.6 is 11.6 Å². The fourth-order valence-electron chi connectivity index (χ4n) is 4.42. The molecule has 4 nitrogen and oxygen atoms in total. The number of unbranched alkanes of at least 4 members (excludes halogenated alkanes) is 1. The van der Waals surface area contributed by atoms with Gasteiger partial charge < -0.3 is 9.67 Å². The minimum atomic E-state index is -0.705. The van der Waals surface area contributed by atoms with Crippen LogP contribution in [0.15, 0.2) is 30.3 Å². The number of carboxylic acid groups (broad SMARTS) is 1. The van der Waals surface area contributed by atoms with E-state index in [2.05, 4.69) is 28.6 Å². The van der Waals surface area contributed by atoms with E-state index in [0.29, 0.717) is 11.7 Å². The normalized spacial score (nSPS) is 16.0. The topological polar surface area (TPSA) is 55.1 Å². The molecule has 0 radical (unpaired) electrons. The summed E-state index contributed by atoms with van der Waals surface area (Å²) in [6.07, 6.45) is 11.4. The molecule has 156 valence electrons. The summed E-state index contributed by atoms with van der Waals surface area (Å²) in [5.74, 6) is 0.160. The molecule has 1 N–H and O–H groups in total. The molecule has 29 heavy (non-hydrogen) atoms. The lowest BCUT2D eigenvalue weighted by Gasteiger charge is -2.20. The van der Waals surface area contributed by atoms with Crippen LogP contribution in [0.25, 0.3) is 6.08 Å². The van der Waals surface area contributed by atoms with E-state index < -0.39 is 11.9 Å². The number of carboxylic acids is 1. The summed E-state index contributed by atoms with van der Waals surface area (Å²) < 4.78 is 2.18. The van der Waals surface area contributed by atoms with Gasteiger partial charge in [0.15, 0.2) is 5.15 Å². The summed E-state index contributed by atoms with van der Waals surface area (Å²) in [4.78, 5) is 16.5. The lowest BCUT2D eigenvalue weighted by Crippen LogP contribution is -2.19. The second-order valence-corrected chi connectivity index (χ2v) is 8.35. The van der Waals surface area contributed by atoms with Crippen molar-refractivity contribution in [1.82, 2.24) is 9.55 Å². The van der Waals surface area contributed by atoms with Gasteiger partial charge in [-0.15, -0.1) is 0 Å². The second kappa shape index (κ2) is 10.1. The summed E-state index contributed by atoms with van der Waals surface area (Å²) in [6, 6.07) is 8.09. The van der Waals surface area contributed by atoms with Crippen LogP contribution in [0.2, 0.25) is 5.15 Å². The molecule has 1 unspecified atom stereocenters. The van der Waals surface area contributed by atoms with Gasteiger partial charge in [0.1, 0.15) is 5.82 Å². The number of aryl methyl sites for hydroxylation is 1. The molecule has 1 heterocycles. The van der Waals surface area contributed by atoms with E-state index in [4.69, 9.17) is 11.6 Å². The number of hydrogen-bond donors (Lipinski definition) is 1. The zero-order valence-electron chi connectivity index (χ0n) is 17.4. The van der Waals surface area contributed by atoms with E-state index in [1.54, 1.807) is 0 Å². The first-order valence-corrected chi connectivity index (χ1v) is 11.1. The molecule has 0 spiro atoms. The smallest absolute Gasteiger partial charge is 0.311 e. The van der Waals surface area contributed by atoms with Crippen molar-refractivity contribution in [3.63, 3.8) is 0 Å². The Kier molecular flexibility index (Phi) is 7.54. The van der Waals surface area contributed by atoms with Gasteiger partial charge >= 0.3 is 5.97 Å². The van der Waals surface area contributed by atoms with Gasteiger partial charge in [0.25, 0.3) is 0 Å². The van der Waals surface area contributed by atoms with Gasteiger partial charge in [-0.25, -0.2) is 4.98 Å². The Morgan fingerprint density at radius 1 is 1.31 bits per heavy atom. The molecule has 5 heteroatoms. The summed E-state index contributed by atoms with van der Waals surface area (Å²) in [5, 5.41) is 10.3. The van der Waals surface area contributed by atoms with E-state index in [-0.39, 0.29) is 5.92 Å². The van der Waals surface area contributed by atoms with Crippen molar-refractivity contribution in [2.75, 3.05) is 0 Å². The molecule has 0 amide bonds. The average molecular weight is 415 g/mol. The van der Waals surface area contributed by atoms with Gasteiger partial charge in [0, 0.05) is 13.0 Å². The van der Waals surface area contributed by atoms with Crippen LogP contribution in [0.4, 0.5) is 0 Å². The fourth-order valence-corrected chi connectivity index (χ4v) is 4.68. The minimum Gasteiger partial charge on any atom is -0.481 e. The number of hydrogen-bond acceptors (Lipinski definition) is 2. The average Bonchev–Trinajstić information content (AvgIpc) is 3.32. The van der Waals surface area contributed by atoms with E-state index in [1.165, 1.54) is 0 Å². The third kappa shape index (κ3) is 5.11. The molecule has 1 aromatic heterocycles. The van der Waals surface area contributed by atoms with Gasteiger partial charge in [-0.1, -0.05) is 68.1 Å². The highest BCUT2D eigenvalue weighted by molar-refractivity contribution is 6.30. The number of halogens is 1. The molecule has 1 aliphatic carbocycles. The predicted octanol–water partition coefficient (Wildman–Crippen LogP) is 6.32. The van der Waals surface area contributed by atoms with Crippen LogP contribution in [0.5, 0.6) is 0 Å². The molecule has 3 rings (SSSR count). The molecule has 1 saturated carbocycles. The van der Waals surface area contributed by atoms with Crippen LogP contribution in [0, 0.1) is 5.92 Å². The highest BCUT2D eigenvalue weighted by atomic mass is 35.5. The Bertz CT molecular complexity index is 849. The Morgan fingerprint density at radius 3 is 2.59 bits per heavy atom. The number of benzene rings is 1. The number of allylic oxidation sites excluding steroid dienone is 1. The van der Waals surface area contributed by atoms with Gasteiger partial charge in [-0.2, -0.15) is 0 Å². The molecule has 0 bridgehead atoms. The van der Waals surface area contributed by atoms with Crippen LogP contribution in [0.1, 0.15) is 80.9 Å². The zero-order chi connectivity index (χ0) is 20.8. The maximum atomic E-state index is 11.9. The second-order valence-electron chi connectivity index (χ2n) is 8.00. The SMILES string of the molecule is C/C=C\c1c(Cl)nc(CCCC)n1Cc1ccc(C(C(=O)O)C2CCCC2)cc1. The highest BCUT2D eigenvalue weighted by Gasteiger charge is 2.31. The predicted molar refractivity (Wildman–Crippen MR) is 118 cm³/mol. The third-order valence-electron chi connectivity index (χ3n) is 5.94. The first-order valence-electron chi connectivity index (χ1n) is 10.7. The first-order chi connectivity index (χ1) is 14.0. The van der Waals surface area contributed by atoms with Crippen LogP contribution < -0.4 is 0 Å². The summed E-state index contributed by atoms with van der Waals surface area (Å²) in [6.45, 7) is 4.83. The third-order valence-corrected chi connectivity index (χ3v) is 6.21. The van der Waals surface area contributed by atoms with E-state index in [0.717, 1.165) is 67.6 Å². The molecule has 1 atom stereocenters. The van der Waals surface area contributed by atoms with Gasteiger partial charge in [0.2, 0.25) is 0 Å². The number of imidazole rings is 1. The van der Waals surface area contributed by atoms with Gasteiger partial charge in [-0.3, -0.25) is 4.79 Å². The van der Waals surface area contributed by atoms with Gasteiger partial charge in [0.05, 0.1) is 11.6 Å². The summed E-state index contributed by atoms with van der Waals surface area (Å²) >= 11 is 6.40. The van der Waals surface area contributed by atoms with Crippen molar-refractivity contribution in [3.05, 3.63) is 58.1 Å². The quantitative estimate of drug-likeness (QED) is 0.522. The van der Waals surface area contributed by atoms with Gasteiger partial charge in [-0.05, 0) is 49.3 Å². The number of rotatable bonds is 9. The Balaban J connectivity index is 1.84. The monoisotopic (exact) mass is 414 g/mol. The first kappa shape index (κ1) is 21.6. The molecular formula is C24H31ClN2O2. The van der Waals surface area contributed by atoms with Crippen molar-refractivity contribution >= 4 is 23.6 Å². The number of carbonyl (C=O) groups is 1. The zero-order valence-corrected chi connectivity index (χ0v) is 18.2. The fraction of sp³-hybridized carbons (Fsp3) is 0.500. The maximum absolute atomic E-state index is 11.9. The summed E-state index contributed by atoms with van der Waals surface area (Å²) in [5.41, 5.74) is 2.97. The number of aromatic nitrogens is 2. The largest absolute Gasteiger partial charge is 0.481 e. The van der Waals surface area contributed by atoms with Crippen LogP contribution in [0.3, 0.4) is 0 Å². The Morgan fingerprint density at radius 2 is 2.00 bits per heavy atom. The Hall–Kier alpha value is -2.07. The van der Waals surface area contributed by atoms with Crippen molar-refractivity contribution in [2.45, 2.75) is 71.3 Å². The minimum absolute atomic E-state index is 0.257. The lowest BCUT2D eigenvalue weighted by atomic mass is 9.84. The highest BCUT2D eigenvalue weighted by Crippen LogP contribution is 2.37. The summed E-state index contributed by atoms with van der Waals surface area (Å²) in [7, 11) is 0. The van der Waals surface area contributed by atoms with E-state index >= 15 is 0 Å². The molecular weight excluding hydrogens is 384 g/mol. The van der Waals surface area contributed by atoms with E-state index in [9.17, 15) is 9.90 Å². The van der Waals surface area contributed by atoms with Crippen molar-refractivity contribution < 1.29 is 9.90 Å². The molecule has 1 aromatic carbocycles. The van der Waals surface area contributed by atoms with Crippen molar-refractivity contribution in [2.24, 2.45) is 5.92 Å². The molecule has 0 saturated heterocycles. The standard InChI is InChI=1S/C24H31ClN2O2/c1-3-5-11-21-26-23(25)20(8-4-2)27(21)16-17-12-14-19(15-13-17)22(24(28)29)18-9-6-7-10-18/h4,8,12-15,18,22H,3,5-7,9-11,16H2,1-2H3,(H,28,29)/b8-4-. The van der Waals surface area contributed by atoms with Crippen LogP contribution in [-0.4, -0.2) is 20.6 Å². The number of aliphatic carboxylic acids is 1. The van der Waals surface area contributed by atoms with Crippen molar-refractivity contribution in [3.8, 4) is 0 Å². The maximum Gasteiger partial charge on any atom is 0.311 e. The molecule has 0 aliphatic heterocycles. The molecule has 1 fully saturated rings. The Labute approximate surface area is 178 Å². The number of nitrogens with zero attached hydrogens (tertiary/aromatic N) is 2. The van der Waals surface area contributed by atoms with Crippen LogP contribution in [-0.2, 0) is 17.8 Å². The lowest BCUT2D eigenvalue weighted by molar-refractivity contribution is -0.140. The molecule has 1 aliphatic rings.